The molecule has 5 heteroatoms. The summed E-state index contributed by atoms with van der Waals surface area (Å²) in [4.78, 5) is 11.1. The predicted molar refractivity (Wildman–Crippen MR) is 79.1 cm³/mol. The average molecular weight is 313 g/mol. The van der Waals surface area contributed by atoms with E-state index in [-0.39, 0.29) is 0 Å². The number of rotatable bonds is 4. The van der Waals surface area contributed by atoms with Gasteiger partial charge in [0.1, 0.15) is 5.82 Å². The highest BCUT2D eigenvalue weighted by Crippen LogP contribution is 2.40. The fourth-order valence-corrected chi connectivity index (χ4v) is 3.09. The van der Waals surface area contributed by atoms with Crippen LogP contribution >= 0.6 is 15.9 Å². The van der Waals surface area contributed by atoms with Crippen molar-refractivity contribution >= 4 is 27.7 Å². The quantitative estimate of drug-likeness (QED) is 0.926. The van der Waals surface area contributed by atoms with E-state index >= 15 is 0 Å². The SMILES string of the molecule is CCC1(CC)CCN(c2nc(NC)ncc2Br)C1. The molecular weight excluding hydrogens is 292 g/mol. The van der Waals surface area contributed by atoms with E-state index in [4.69, 9.17) is 0 Å². The summed E-state index contributed by atoms with van der Waals surface area (Å²) in [6.07, 6.45) is 5.56. The molecular formula is C13H21BrN4. The number of nitrogens with one attached hydrogen (secondary N) is 1. The van der Waals surface area contributed by atoms with Crippen molar-refractivity contribution in [2.45, 2.75) is 33.1 Å². The average Bonchev–Trinajstić information content (AvgIpc) is 2.84. The molecule has 2 heterocycles. The maximum absolute atomic E-state index is 4.56. The van der Waals surface area contributed by atoms with Gasteiger partial charge >= 0.3 is 0 Å². The molecule has 4 nitrogen and oxygen atoms in total. The number of nitrogens with zero attached hydrogens (tertiary/aromatic N) is 3. The van der Waals surface area contributed by atoms with Crippen LogP contribution in [0.15, 0.2) is 10.7 Å². The maximum Gasteiger partial charge on any atom is 0.224 e. The van der Waals surface area contributed by atoms with Crippen LogP contribution in [0.1, 0.15) is 33.1 Å². The lowest BCUT2D eigenvalue weighted by atomic mass is 9.82. The van der Waals surface area contributed by atoms with Gasteiger partial charge in [-0.2, -0.15) is 4.98 Å². The highest BCUT2D eigenvalue weighted by Gasteiger charge is 2.36. The van der Waals surface area contributed by atoms with Crippen LogP contribution in [0.5, 0.6) is 0 Å². The topological polar surface area (TPSA) is 41.1 Å². The van der Waals surface area contributed by atoms with Crippen molar-refractivity contribution in [2.24, 2.45) is 5.41 Å². The van der Waals surface area contributed by atoms with Crippen LogP contribution in [0.3, 0.4) is 0 Å². The molecule has 0 atom stereocenters. The van der Waals surface area contributed by atoms with Crippen molar-refractivity contribution in [2.75, 3.05) is 30.4 Å². The molecule has 1 saturated heterocycles. The molecule has 0 unspecified atom stereocenters. The van der Waals surface area contributed by atoms with Crippen molar-refractivity contribution in [3.8, 4) is 0 Å². The normalized spacial score (nSPS) is 18.1. The summed E-state index contributed by atoms with van der Waals surface area (Å²) >= 11 is 3.56. The van der Waals surface area contributed by atoms with Gasteiger partial charge in [0.2, 0.25) is 5.95 Å². The zero-order valence-corrected chi connectivity index (χ0v) is 12.9. The Morgan fingerprint density at radius 3 is 2.72 bits per heavy atom. The van der Waals surface area contributed by atoms with Crippen LogP contribution < -0.4 is 10.2 Å². The summed E-state index contributed by atoms with van der Waals surface area (Å²) in [5.74, 6) is 1.69. The van der Waals surface area contributed by atoms with Crippen LogP contribution in [0.2, 0.25) is 0 Å². The minimum absolute atomic E-state index is 0.462. The van der Waals surface area contributed by atoms with Gasteiger partial charge in [0.25, 0.3) is 0 Å². The summed E-state index contributed by atoms with van der Waals surface area (Å²) in [5, 5.41) is 3.00. The first-order valence-corrected chi connectivity index (χ1v) is 7.38. The summed E-state index contributed by atoms with van der Waals surface area (Å²) in [7, 11) is 1.85. The van der Waals surface area contributed by atoms with Gasteiger partial charge < -0.3 is 10.2 Å². The number of hydrogen-bond acceptors (Lipinski definition) is 4. The number of hydrogen-bond donors (Lipinski definition) is 1. The van der Waals surface area contributed by atoms with Gasteiger partial charge in [0.05, 0.1) is 4.47 Å². The van der Waals surface area contributed by atoms with E-state index in [1.807, 2.05) is 13.2 Å². The van der Waals surface area contributed by atoms with Gasteiger partial charge in [0, 0.05) is 26.3 Å². The Balaban J connectivity index is 2.23. The molecule has 0 aliphatic carbocycles. The second-order valence-corrected chi connectivity index (χ2v) is 5.85. The summed E-state index contributed by atoms with van der Waals surface area (Å²) < 4.78 is 0.976. The zero-order chi connectivity index (χ0) is 13.2. The Kier molecular flexibility index (Phi) is 4.10. The number of aromatic nitrogens is 2. The molecule has 1 aromatic heterocycles. The lowest BCUT2D eigenvalue weighted by molar-refractivity contribution is 0.301. The molecule has 0 spiro atoms. The Labute approximate surface area is 117 Å². The van der Waals surface area contributed by atoms with E-state index in [0.717, 1.165) is 23.4 Å². The summed E-state index contributed by atoms with van der Waals surface area (Å²) in [6, 6.07) is 0. The molecule has 0 radical (unpaired) electrons. The van der Waals surface area contributed by atoms with E-state index in [2.05, 4.69) is 50.0 Å². The Bertz CT molecular complexity index is 417. The maximum atomic E-state index is 4.56. The molecule has 2 rings (SSSR count). The molecule has 1 aromatic rings. The lowest BCUT2D eigenvalue weighted by Crippen LogP contribution is -2.27. The van der Waals surface area contributed by atoms with E-state index in [1.165, 1.54) is 19.3 Å². The van der Waals surface area contributed by atoms with Crippen molar-refractivity contribution in [3.63, 3.8) is 0 Å². The second kappa shape index (κ2) is 5.43. The van der Waals surface area contributed by atoms with Gasteiger partial charge in [-0.15, -0.1) is 0 Å². The highest BCUT2D eigenvalue weighted by molar-refractivity contribution is 9.10. The van der Waals surface area contributed by atoms with Gasteiger partial charge in [-0.25, -0.2) is 4.98 Å². The highest BCUT2D eigenvalue weighted by atomic mass is 79.9. The first kappa shape index (κ1) is 13.6. The molecule has 0 amide bonds. The van der Waals surface area contributed by atoms with Crippen LogP contribution in [0, 0.1) is 5.41 Å². The zero-order valence-electron chi connectivity index (χ0n) is 11.3. The monoisotopic (exact) mass is 312 g/mol. The molecule has 1 N–H and O–H groups in total. The molecule has 1 aliphatic rings. The van der Waals surface area contributed by atoms with Crippen LogP contribution in [-0.2, 0) is 0 Å². The third-order valence-corrected chi connectivity index (χ3v) is 4.75. The Morgan fingerprint density at radius 1 is 1.44 bits per heavy atom. The van der Waals surface area contributed by atoms with Gasteiger partial charge in [0.15, 0.2) is 0 Å². The van der Waals surface area contributed by atoms with E-state index in [9.17, 15) is 0 Å². The van der Waals surface area contributed by atoms with Crippen LogP contribution in [0.25, 0.3) is 0 Å². The molecule has 1 fully saturated rings. The van der Waals surface area contributed by atoms with Crippen LogP contribution in [0.4, 0.5) is 11.8 Å². The van der Waals surface area contributed by atoms with Crippen molar-refractivity contribution in [1.82, 2.24) is 9.97 Å². The van der Waals surface area contributed by atoms with E-state index < -0.39 is 0 Å². The minimum atomic E-state index is 0.462. The molecule has 0 saturated carbocycles. The molecule has 0 bridgehead atoms. The molecule has 100 valence electrons. The summed E-state index contributed by atoms with van der Waals surface area (Å²) in [6.45, 7) is 6.77. The number of anilines is 2. The Morgan fingerprint density at radius 2 is 2.17 bits per heavy atom. The molecule has 18 heavy (non-hydrogen) atoms. The predicted octanol–water partition coefficient (Wildman–Crippen LogP) is 3.30. The summed E-state index contributed by atoms with van der Waals surface area (Å²) in [5.41, 5.74) is 0.462. The smallest absolute Gasteiger partial charge is 0.224 e. The van der Waals surface area contributed by atoms with Gasteiger partial charge in [-0.05, 0) is 40.6 Å². The second-order valence-electron chi connectivity index (χ2n) is 4.99. The Hall–Kier alpha value is -0.840. The van der Waals surface area contributed by atoms with Gasteiger partial charge in [-0.3, -0.25) is 0 Å². The molecule has 0 aromatic carbocycles. The van der Waals surface area contributed by atoms with E-state index in [1.54, 1.807) is 0 Å². The largest absolute Gasteiger partial charge is 0.357 e. The van der Waals surface area contributed by atoms with E-state index in [0.29, 0.717) is 11.4 Å². The third-order valence-electron chi connectivity index (χ3n) is 4.19. The minimum Gasteiger partial charge on any atom is -0.357 e. The fraction of sp³-hybridized carbons (Fsp3) is 0.692. The van der Waals surface area contributed by atoms with Gasteiger partial charge in [-0.1, -0.05) is 13.8 Å². The third kappa shape index (κ3) is 2.46. The lowest BCUT2D eigenvalue weighted by Gasteiger charge is -2.27. The van der Waals surface area contributed by atoms with Crippen molar-refractivity contribution < 1.29 is 0 Å². The van der Waals surface area contributed by atoms with Crippen molar-refractivity contribution in [1.29, 1.82) is 0 Å². The standard InChI is InChI=1S/C13H21BrN4/c1-4-13(5-2)6-7-18(9-13)11-10(14)8-16-12(15-3)17-11/h8H,4-7,9H2,1-3H3,(H,15,16,17). The molecule has 1 aliphatic heterocycles. The van der Waals surface area contributed by atoms with Crippen LogP contribution in [-0.4, -0.2) is 30.1 Å². The number of halogens is 1. The first-order valence-electron chi connectivity index (χ1n) is 6.59. The first-order chi connectivity index (χ1) is 8.64. The fourth-order valence-electron chi connectivity index (χ4n) is 2.64. The van der Waals surface area contributed by atoms with Crippen molar-refractivity contribution in [3.05, 3.63) is 10.7 Å².